The molecular formula is C12H18ClNO4S2. The van der Waals surface area contributed by atoms with Crippen molar-refractivity contribution in [3.8, 4) is 0 Å². The molecule has 0 atom stereocenters. The van der Waals surface area contributed by atoms with Gasteiger partial charge in [-0.15, -0.1) is 11.6 Å². The summed E-state index contributed by atoms with van der Waals surface area (Å²) in [6.07, 6.45) is 1.08. The summed E-state index contributed by atoms with van der Waals surface area (Å²) in [5.41, 5.74) is 1.33. The van der Waals surface area contributed by atoms with Gasteiger partial charge in [0.15, 0.2) is 0 Å². The number of halogens is 1. The smallest absolute Gasteiger partial charge is 0.229 e. The van der Waals surface area contributed by atoms with Crippen LogP contribution in [-0.2, 0) is 25.7 Å². The Morgan fingerprint density at radius 1 is 1.20 bits per heavy atom. The fourth-order valence-electron chi connectivity index (χ4n) is 1.67. The van der Waals surface area contributed by atoms with Gasteiger partial charge < -0.3 is 0 Å². The fraction of sp³-hybridized carbons (Fsp3) is 0.500. The predicted octanol–water partition coefficient (Wildman–Crippen LogP) is 1.40. The Bertz CT molecular complexity index is 683. The molecule has 0 spiro atoms. The summed E-state index contributed by atoms with van der Waals surface area (Å²) < 4.78 is 48.2. The van der Waals surface area contributed by atoms with Crippen molar-refractivity contribution in [3.63, 3.8) is 0 Å². The number of hydrogen-bond donors (Lipinski definition) is 0. The first-order valence-corrected chi connectivity index (χ1v) is 9.91. The van der Waals surface area contributed by atoms with Crippen LogP contribution in [0.5, 0.6) is 0 Å². The molecule has 0 saturated heterocycles. The van der Waals surface area contributed by atoms with E-state index < -0.39 is 19.9 Å². The van der Waals surface area contributed by atoms with Crippen molar-refractivity contribution in [3.05, 3.63) is 29.3 Å². The zero-order chi connectivity index (χ0) is 15.6. The van der Waals surface area contributed by atoms with Crippen LogP contribution in [-0.4, -0.2) is 46.7 Å². The summed E-state index contributed by atoms with van der Waals surface area (Å²) in [7, 11) is -5.56. The second kappa shape index (κ2) is 6.43. The van der Waals surface area contributed by atoms with E-state index in [0.717, 1.165) is 16.1 Å². The molecule has 20 heavy (non-hydrogen) atoms. The fourth-order valence-corrected chi connectivity index (χ4v) is 4.11. The SMILES string of the molecule is Cc1c(CCl)cccc1S(=O)(=O)N(C)CCS(C)(=O)=O. The molecule has 1 aromatic carbocycles. The van der Waals surface area contributed by atoms with Crippen molar-refractivity contribution in [1.82, 2.24) is 4.31 Å². The molecule has 0 bridgehead atoms. The van der Waals surface area contributed by atoms with Gasteiger partial charge in [-0.2, -0.15) is 4.31 Å². The molecule has 0 N–H and O–H groups in total. The summed E-state index contributed by atoms with van der Waals surface area (Å²) in [5, 5.41) is 0. The zero-order valence-electron chi connectivity index (χ0n) is 11.6. The first-order chi connectivity index (χ1) is 9.09. The molecule has 0 aliphatic heterocycles. The molecule has 8 heteroatoms. The highest BCUT2D eigenvalue weighted by Gasteiger charge is 2.24. The zero-order valence-corrected chi connectivity index (χ0v) is 14.0. The molecule has 0 saturated carbocycles. The third kappa shape index (κ3) is 4.18. The second-order valence-corrected chi connectivity index (χ2v) is 9.17. The normalized spacial score (nSPS) is 12.8. The van der Waals surface area contributed by atoms with E-state index in [1.165, 1.54) is 13.1 Å². The van der Waals surface area contributed by atoms with Gasteiger partial charge in [0.2, 0.25) is 10.0 Å². The average Bonchev–Trinajstić information content (AvgIpc) is 2.35. The van der Waals surface area contributed by atoms with E-state index in [2.05, 4.69) is 0 Å². The third-order valence-corrected chi connectivity index (χ3v) is 6.22. The largest absolute Gasteiger partial charge is 0.243 e. The quantitative estimate of drug-likeness (QED) is 0.734. The summed E-state index contributed by atoms with van der Waals surface area (Å²) in [5.74, 6) is 0.0131. The lowest BCUT2D eigenvalue weighted by molar-refractivity contribution is 0.484. The van der Waals surface area contributed by atoms with Crippen molar-refractivity contribution in [2.75, 3.05) is 25.6 Å². The van der Waals surface area contributed by atoms with Gasteiger partial charge >= 0.3 is 0 Å². The standard InChI is InChI=1S/C12H18ClNO4S2/c1-10-11(9-13)5-4-6-12(10)20(17,18)14(2)7-8-19(3,15)16/h4-6H,7-9H2,1-3H3. The second-order valence-electron chi connectivity index (χ2n) is 4.63. The van der Waals surface area contributed by atoms with Gasteiger partial charge in [0.1, 0.15) is 9.84 Å². The van der Waals surface area contributed by atoms with Crippen LogP contribution in [0.15, 0.2) is 23.1 Å². The van der Waals surface area contributed by atoms with E-state index in [9.17, 15) is 16.8 Å². The van der Waals surface area contributed by atoms with Crippen LogP contribution in [0, 0.1) is 6.92 Å². The molecule has 0 radical (unpaired) electrons. The van der Waals surface area contributed by atoms with Crippen LogP contribution < -0.4 is 0 Å². The maximum absolute atomic E-state index is 12.4. The molecule has 5 nitrogen and oxygen atoms in total. The Morgan fingerprint density at radius 3 is 2.30 bits per heavy atom. The van der Waals surface area contributed by atoms with Gasteiger partial charge in [0.05, 0.1) is 10.6 Å². The highest BCUT2D eigenvalue weighted by molar-refractivity contribution is 7.91. The summed E-state index contributed by atoms with van der Waals surface area (Å²) >= 11 is 5.77. The van der Waals surface area contributed by atoms with Crippen LogP contribution >= 0.6 is 11.6 Å². The molecule has 0 heterocycles. The highest BCUT2D eigenvalue weighted by atomic mass is 35.5. The Hall–Kier alpha value is -0.630. The molecule has 114 valence electrons. The molecule has 1 aromatic rings. The average molecular weight is 340 g/mol. The van der Waals surface area contributed by atoms with Gasteiger partial charge in [0, 0.05) is 25.7 Å². The van der Waals surface area contributed by atoms with Crippen LogP contribution in [0.4, 0.5) is 0 Å². The summed E-state index contributed by atoms with van der Waals surface area (Å²) in [4.78, 5) is 0.159. The Balaban J connectivity index is 3.11. The van der Waals surface area contributed by atoms with Crippen molar-refractivity contribution < 1.29 is 16.8 Å². The monoisotopic (exact) mass is 339 g/mol. The lowest BCUT2D eigenvalue weighted by Crippen LogP contribution is -2.32. The minimum Gasteiger partial charge on any atom is -0.229 e. The maximum atomic E-state index is 12.4. The first-order valence-electron chi connectivity index (χ1n) is 5.88. The number of alkyl halides is 1. The minimum atomic E-state index is -3.71. The van der Waals surface area contributed by atoms with Gasteiger partial charge in [-0.1, -0.05) is 12.1 Å². The summed E-state index contributed by atoms with van der Waals surface area (Å²) in [6, 6.07) is 4.89. The van der Waals surface area contributed by atoms with Crippen LogP contribution in [0.2, 0.25) is 0 Å². The van der Waals surface area contributed by atoms with Crippen molar-refractivity contribution in [1.29, 1.82) is 0 Å². The Kier molecular flexibility index (Phi) is 5.60. The summed E-state index contributed by atoms with van der Waals surface area (Å²) in [6.45, 7) is 1.61. The number of sulfonamides is 1. The van der Waals surface area contributed by atoms with Crippen molar-refractivity contribution >= 4 is 31.5 Å². The van der Waals surface area contributed by atoms with Gasteiger partial charge in [-0.05, 0) is 24.1 Å². The van der Waals surface area contributed by atoms with E-state index in [1.807, 2.05) is 0 Å². The molecule has 1 rings (SSSR count). The predicted molar refractivity (Wildman–Crippen MR) is 80.3 cm³/mol. The van der Waals surface area contributed by atoms with E-state index in [-0.39, 0.29) is 23.1 Å². The van der Waals surface area contributed by atoms with Crippen molar-refractivity contribution in [2.45, 2.75) is 17.7 Å². The van der Waals surface area contributed by atoms with Gasteiger partial charge in [-0.25, -0.2) is 16.8 Å². The topological polar surface area (TPSA) is 71.5 Å². The number of nitrogens with zero attached hydrogens (tertiary/aromatic N) is 1. The van der Waals surface area contributed by atoms with Crippen LogP contribution in [0.1, 0.15) is 11.1 Å². The lowest BCUT2D eigenvalue weighted by atomic mass is 10.1. The molecule has 0 amide bonds. The number of benzene rings is 1. The lowest BCUT2D eigenvalue weighted by Gasteiger charge is -2.19. The molecule has 0 aromatic heterocycles. The number of rotatable bonds is 6. The number of sulfone groups is 1. The van der Waals surface area contributed by atoms with E-state index in [0.29, 0.717) is 5.56 Å². The van der Waals surface area contributed by atoms with Crippen LogP contribution in [0.3, 0.4) is 0 Å². The Morgan fingerprint density at radius 2 is 1.80 bits per heavy atom. The van der Waals surface area contributed by atoms with E-state index >= 15 is 0 Å². The van der Waals surface area contributed by atoms with E-state index in [4.69, 9.17) is 11.6 Å². The molecule has 0 aliphatic carbocycles. The minimum absolute atomic E-state index is 0.0777. The Labute approximate surface area is 125 Å². The molecule has 0 aliphatic rings. The van der Waals surface area contributed by atoms with Crippen molar-refractivity contribution in [2.24, 2.45) is 0 Å². The van der Waals surface area contributed by atoms with E-state index in [1.54, 1.807) is 19.1 Å². The number of hydrogen-bond acceptors (Lipinski definition) is 4. The molecule has 0 unspecified atom stereocenters. The maximum Gasteiger partial charge on any atom is 0.243 e. The van der Waals surface area contributed by atoms with Gasteiger partial charge in [0.25, 0.3) is 0 Å². The first kappa shape index (κ1) is 17.4. The van der Waals surface area contributed by atoms with Crippen LogP contribution in [0.25, 0.3) is 0 Å². The third-order valence-electron chi connectivity index (χ3n) is 3.01. The molecule has 0 fully saturated rings. The highest BCUT2D eigenvalue weighted by Crippen LogP contribution is 2.22. The van der Waals surface area contributed by atoms with Gasteiger partial charge in [-0.3, -0.25) is 0 Å². The molecular weight excluding hydrogens is 322 g/mol.